The number of benzene rings is 3. The summed E-state index contributed by atoms with van der Waals surface area (Å²) in [5, 5.41) is 0. The van der Waals surface area contributed by atoms with Crippen molar-refractivity contribution in [3.8, 4) is 22.9 Å². The quantitative estimate of drug-likeness (QED) is 0.355. The van der Waals surface area contributed by atoms with Crippen molar-refractivity contribution < 1.29 is 8.83 Å². The maximum Gasteiger partial charge on any atom is 0.227 e. The molecule has 0 saturated heterocycles. The number of nitrogens with zero attached hydrogens (tertiary/aromatic N) is 2. The fourth-order valence-corrected chi connectivity index (χ4v) is 3.36. The SMILES string of the molecule is Cc1cc2nc(-c3ccc(-c4nc5cc(C)c(C)cc5o4)cc3)oc2cc1C. The Morgan fingerprint density at radius 3 is 1.29 bits per heavy atom. The van der Waals surface area contributed by atoms with Crippen molar-refractivity contribution in [2.75, 3.05) is 0 Å². The summed E-state index contributed by atoms with van der Waals surface area (Å²) >= 11 is 0. The highest BCUT2D eigenvalue weighted by molar-refractivity contribution is 5.80. The van der Waals surface area contributed by atoms with E-state index in [1.807, 2.05) is 36.4 Å². The zero-order valence-electron chi connectivity index (χ0n) is 16.3. The standard InChI is InChI=1S/C24H20N2O2/c1-13-9-19-21(11-15(13)3)27-23(25-19)17-5-7-18(8-6-17)24-26-20-10-14(2)16(4)12-22(20)28-24/h5-12H,1-4H3. The molecule has 138 valence electrons. The molecular formula is C24H20N2O2. The van der Waals surface area contributed by atoms with Crippen LogP contribution < -0.4 is 0 Å². The minimum absolute atomic E-state index is 0.621. The molecule has 28 heavy (non-hydrogen) atoms. The van der Waals surface area contributed by atoms with Gasteiger partial charge >= 0.3 is 0 Å². The Labute approximate surface area is 162 Å². The first-order valence-electron chi connectivity index (χ1n) is 9.34. The van der Waals surface area contributed by atoms with E-state index in [1.54, 1.807) is 0 Å². The summed E-state index contributed by atoms with van der Waals surface area (Å²) in [7, 11) is 0. The topological polar surface area (TPSA) is 52.1 Å². The van der Waals surface area contributed by atoms with Gasteiger partial charge in [-0.15, -0.1) is 0 Å². The number of oxazole rings is 2. The summed E-state index contributed by atoms with van der Waals surface area (Å²) in [5.74, 6) is 1.24. The van der Waals surface area contributed by atoms with E-state index < -0.39 is 0 Å². The Balaban J connectivity index is 1.52. The van der Waals surface area contributed by atoms with Crippen molar-refractivity contribution in [2.24, 2.45) is 0 Å². The van der Waals surface area contributed by atoms with Crippen molar-refractivity contribution >= 4 is 22.2 Å². The van der Waals surface area contributed by atoms with Gasteiger partial charge in [-0.3, -0.25) is 0 Å². The maximum absolute atomic E-state index is 5.96. The lowest BCUT2D eigenvalue weighted by atomic mass is 10.1. The highest BCUT2D eigenvalue weighted by Crippen LogP contribution is 2.30. The predicted octanol–water partition coefficient (Wildman–Crippen LogP) is 6.54. The van der Waals surface area contributed by atoms with Crippen LogP contribution in [0, 0.1) is 27.7 Å². The van der Waals surface area contributed by atoms with E-state index in [1.165, 1.54) is 22.3 Å². The molecule has 2 heterocycles. The van der Waals surface area contributed by atoms with Gasteiger partial charge in [-0.25, -0.2) is 9.97 Å². The van der Waals surface area contributed by atoms with Gasteiger partial charge in [0.1, 0.15) is 11.0 Å². The molecule has 3 aromatic carbocycles. The molecule has 0 fully saturated rings. The van der Waals surface area contributed by atoms with Crippen molar-refractivity contribution in [1.29, 1.82) is 0 Å². The largest absolute Gasteiger partial charge is 0.436 e. The third kappa shape index (κ3) is 2.69. The van der Waals surface area contributed by atoms with Crippen molar-refractivity contribution in [3.63, 3.8) is 0 Å². The van der Waals surface area contributed by atoms with Crippen LogP contribution in [0.2, 0.25) is 0 Å². The van der Waals surface area contributed by atoms with Crippen molar-refractivity contribution in [2.45, 2.75) is 27.7 Å². The van der Waals surface area contributed by atoms with Crippen LogP contribution >= 0.6 is 0 Å². The molecule has 0 amide bonds. The van der Waals surface area contributed by atoms with Gasteiger partial charge in [-0.1, -0.05) is 0 Å². The van der Waals surface area contributed by atoms with E-state index in [0.29, 0.717) is 11.8 Å². The van der Waals surface area contributed by atoms with E-state index in [-0.39, 0.29) is 0 Å². The average Bonchev–Trinajstić information content (AvgIpc) is 3.26. The summed E-state index contributed by atoms with van der Waals surface area (Å²) < 4.78 is 11.9. The van der Waals surface area contributed by atoms with Crippen LogP contribution in [0.3, 0.4) is 0 Å². The van der Waals surface area contributed by atoms with Crippen LogP contribution in [0.25, 0.3) is 45.1 Å². The van der Waals surface area contributed by atoms with Crippen LogP contribution in [0.1, 0.15) is 22.3 Å². The summed E-state index contributed by atoms with van der Waals surface area (Å²) in [6, 6.07) is 16.2. The number of hydrogen-bond donors (Lipinski definition) is 0. The summed E-state index contributed by atoms with van der Waals surface area (Å²) in [4.78, 5) is 9.27. The number of hydrogen-bond acceptors (Lipinski definition) is 4. The molecule has 0 unspecified atom stereocenters. The Bertz CT molecular complexity index is 1160. The number of fused-ring (bicyclic) bond motifs is 2. The maximum atomic E-state index is 5.96. The van der Waals surface area contributed by atoms with Gasteiger partial charge in [0, 0.05) is 11.1 Å². The Morgan fingerprint density at radius 1 is 0.536 bits per heavy atom. The summed E-state index contributed by atoms with van der Waals surface area (Å²) in [6.07, 6.45) is 0. The molecule has 0 saturated carbocycles. The smallest absolute Gasteiger partial charge is 0.227 e. The molecule has 5 rings (SSSR count). The third-order valence-corrected chi connectivity index (χ3v) is 5.39. The van der Waals surface area contributed by atoms with Gasteiger partial charge in [0.05, 0.1) is 0 Å². The highest BCUT2D eigenvalue weighted by atomic mass is 16.4. The molecule has 4 heteroatoms. The summed E-state index contributed by atoms with van der Waals surface area (Å²) in [6.45, 7) is 8.33. The highest BCUT2D eigenvalue weighted by Gasteiger charge is 2.12. The molecule has 2 aromatic heterocycles. The minimum Gasteiger partial charge on any atom is -0.436 e. The summed E-state index contributed by atoms with van der Waals surface area (Å²) in [5.41, 5.74) is 10.1. The normalized spacial score (nSPS) is 11.6. The van der Waals surface area contributed by atoms with Crippen LogP contribution in [0.4, 0.5) is 0 Å². The molecule has 0 aliphatic rings. The van der Waals surface area contributed by atoms with Crippen molar-refractivity contribution in [1.82, 2.24) is 9.97 Å². The van der Waals surface area contributed by atoms with Gasteiger partial charge in [0.15, 0.2) is 11.2 Å². The van der Waals surface area contributed by atoms with Crippen LogP contribution in [-0.4, -0.2) is 9.97 Å². The Kier molecular flexibility index (Phi) is 3.63. The lowest BCUT2D eigenvalue weighted by molar-refractivity contribution is 0.617. The predicted molar refractivity (Wildman–Crippen MR) is 111 cm³/mol. The first-order valence-corrected chi connectivity index (χ1v) is 9.34. The van der Waals surface area contributed by atoms with Gasteiger partial charge in [-0.05, 0) is 98.5 Å². The molecule has 5 aromatic rings. The number of rotatable bonds is 2. The van der Waals surface area contributed by atoms with Gasteiger partial charge < -0.3 is 8.83 Å². The second kappa shape index (κ2) is 6.06. The molecule has 0 bridgehead atoms. The van der Waals surface area contributed by atoms with Gasteiger partial charge in [0.2, 0.25) is 11.8 Å². The molecular weight excluding hydrogens is 348 g/mol. The van der Waals surface area contributed by atoms with Crippen LogP contribution in [0.5, 0.6) is 0 Å². The monoisotopic (exact) mass is 368 g/mol. The number of aryl methyl sites for hydroxylation is 4. The first kappa shape index (κ1) is 16.8. The van der Waals surface area contributed by atoms with Crippen LogP contribution in [0.15, 0.2) is 57.4 Å². The van der Waals surface area contributed by atoms with E-state index in [9.17, 15) is 0 Å². The fraction of sp³-hybridized carbons (Fsp3) is 0.167. The second-order valence-corrected chi connectivity index (χ2v) is 7.42. The molecule has 4 nitrogen and oxygen atoms in total. The minimum atomic E-state index is 0.621. The van der Waals surface area contributed by atoms with Crippen LogP contribution in [-0.2, 0) is 0 Å². The average molecular weight is 368 g/mol. The molecule has 0 atom stereocenters. The molecule has 0 N–H and O–H groups in total. The van der Waals surface area contributed by atoms with Crippen molar-refractivity contribution in [3.05, 3.63) is 70.8 Å². The van der Waals surface area contributed by atoms with E-state index in [2.05, 4.69) is 49.8 Å². The van der Waals surface area contributed by atoms with E-state index in [0.717, 1.165) is 33.3 Å². The Morgan fingerprint density at radius 2 is 0.893 bits per heavy atom. The van der Waals surface area contributed by atoms with E-state index >= 15 is 0 Å². The van der Waals surface area contributed by atoms with Gasteiger partial charge in [-0.2, -0.15) is 0 Å². The zero-order valence-corrected chi connectivity index (χ0v) is 16.3. The molecule has 0 spiro atoms. The first-order chi connectivity index (χ1) is 13.5. The second-order valence-electron chi connectivity index (χ2n) is 7.42. The molecule has 0 radical (unpaired) electrons. The zero-order chi connectivity index (χ0) is 19.4. The molecule has 0 aliphatic heterocycles. The van der Waals surface area contributed by atoms with Gasteiger partial charge in [0.25, 0.3) is 0 Å². The fourth-order valence-electron chi connectivity index (χ4n) is 3.36. The molecule has 0 aliphatic carbocycles. The lowest BCUT2D eigenvalue weighted by Crippen LogP contribution is -1.81. The lowest BCUT2D eigenvalue weighted by Gasteiger charge is -1.98. The third-order valence-electron chi connectivity index (χ3n) is 5.39. The van der Waals surface area contributed by atoms with E-state index in [4.69, 9.17) is 8.83 Å². The Hall–Kier alpha value is -3.40. The number of aromatic nitrogens is 2.